The molecule has 28 heavy (non-hydrogen) atoms. The summed E-state index contributed by atoms with van der Waals surface area (Å²) < 4.78 is 0. The summed E-state index contributed by atoms with van der Waals surface area (Å²) in [5, 5.41) is 0. The van der Waals surface area contributed by atoms with Crippen LogP contribution in [-0.2, 0) is 0 Å². The Morgan fingerprint density at radius 2 is 0.786 bits per heavy atom. The molecule has 0 heterocycles. The van der Waals surface area contributed by atoms with Crippen molar-refractivity contribution in [3.05, 3.63) is 0 Å². The molecule has 0 heteroatoms. The Kier molecular flexibility index (Phi) is 2.17. The maximum Gasteiger partial charge on any atom is -0.00386 e. The Balaban J connectivity index is 1.92. The average molecular weight is 383 g/mol. The van der Waals surface area contributed by atoms with E-state index >= 15 is 0 Å². The van der Waals surface area contributed by atoms with Crippen molar-refractivity contribution in [2.24, 2.45) is 70.9 Å². The van der Waals surface area contributed by atoms with Crippen LogP contribution in [0.3, 0.4) is 0 Å². The van der Waals surface area contributed by atoms with Gasteiger partial charge in [0.15, 0.2) is 0 Å². The number of rotatable bonds is 0. The van der Waals surface area contributed by atoms with E-state index in [4.69, 9.17) is 0 Å². The standard InChI is InChI=1S/C28H46/c1-16-17(2,3)21(9)26(14)20(16,8)25(13)23(11)18(4,5)22(10)19(6,7)24(12,27(21,25)15)28(22,23)26/h16H,1-15H3. The highest BCUT2D eigenvalue weighted by Crippen LogP contribution is 3.25. The van der Waals surface area contributed by atoms with E-state index in [1.165, 1.54) is 0 Å². The van der Waals surface area contributed by atoms with Gasteiger partial charge in [0.1, 0.15) is 0 Å². The van der Waals surface area contributed by atoms with Gasteiger partial charge in [-0.05, 0) is 70.9 Å². The Morgan fingerprint density at radius 3 is 1.21 bits per heavy atom. The Hall–Kier alpha value is 0. The molecule has 0 aromatic heterocycles. The molecule has 10 atom stereocenters. The van der Waals surface area contributed by atoms with E-state index in [2.05, 4.69) is 104 Å². The van der Waals surface area contributed by atoms with Gasteiger partial charge in [0.25, 0.3) is 0 Å². The third kappa shape index (κ3) is 0.668. The summed E-state index contributed by atoms with van der Waals surface area (Å²) in [6.45, 7) is 40.9. The van der Waals surface area contributed by atoms with Gasteiger partial charge >= 0.3 is 0 Å². The highest BCUT2D eigenvalue weighted by molar-refractivity contribution is 5.68. The third-order valence-electron chi connectivity index (χ3n) is 18.3. The Morgan fingerprint density at radius 1 is 0.393 bits per heavy atom. The summed E-state index contributed by atoms with van der Waals surface area (Å²) in [5.74, 6) is 0.762. The summed E-state index contributed by atoms with van der Waals surface area (Å²) in [5.41, 5.74) is 4.67. The molecule has 7 rings (SSSR count). The lowest BCUT2D eigenvalue weighted by Crippen LogP contribution is -2.92. The van der Waals surface area contributed by atoms with Gasteiger partial charge < -0.3 is 0 Å². The average Bonchev–Trinajstić information content (AvgIpc) is 2.92. The fourth-order valence-corrected chi connectivity index (χ4v) is 17.2. The van der Waals surface area contributed by atoms with Crippen LogP contribution in [0.2, 0.25) is 0 Å². The zero-order valence-corrected chi connectivity index (χ0v) is 21.6. The summed E-state index contributed by atoms with van der Waals surface area (Å²) in [7, 11) is 0. The van der Waals surface area contributed by atoms with Gasteiger partial charge in [-0.1, -0.05) is 104 Å². The lowest BCUT2D eigenvalue weighted by Gasteiger charge is -2.96. The van der Waals surface area contributed by atoms with Crippen molar-refractivity contribution in [3.8, 4) is 0 Å². The highest BCUT2D eigenvalue weighted by Gasteiger charge is 3.22. The van der Waals surface area contributed by atoms with Crippen LogP contribution in [0, 0.1) is 70.9 Å². The summed E-state index contributed by atoms with van der Waals surface area (Å²) in [6.07, 6.45) is 0. The van der Waals surface area contributed by atoms with E-state index in [-0.39, 0.29) is 0 Å². The quantitative estimate of drug-likeness (QED) is 0.400. The smallest absolute Gasteiger partial charge is 0.00386 e. The van der Waals surface area contributed by atoms with E-state index in [1.54, 1.807) is 0 Å². The monoisotopic (exact) mass is 382 g/mol. The SMILES string of the molecule is CC1C(C)(C)C2(C)C3(C)C4(C)C1(C)C2(C)C12C(C)(C(C)(C)C41C)C(C)(C)C32C. The molecule has 7 aliphatic rings. The van der Waals surface area contributed by atoms with Crippen molar-refractivity contribution in [2.75, 3.05) is 0 Å². The molecular formula is C28H46. The largest absolute Gasteiger partial charge is 0.0614 e. The molecule has 158 valence electrons. The van der Waals surface area contributed by atoms with Crippen LogP contribution in [0.25, 0.3) is 0 Å². The molecule has 10 unspecified atom stereocenters. The van der Waals surface area contributed by atoms with Crippen molar-refractivity contribution >= 4 is 0 Å². The Labute approximate surface area is 175 Å². The van der Waals surface area contributed by atoms with E-state index < -0.39 is 0 Å². The van der Waals surface area contributed by atoms with Crippen LogP contribution in [0.1, 0.15) is 104 Å². The zero-order chi connectivity index (χ0) is 21.6. The van der Waals surface area contributed by atoms with Crippen LogP contribution in [0.15, 0.2) is 0 Å². The first kappa shape index (κ1) is 18.7. The molecular weight excluding hydrogens is 336 g/mol. The van der Waals surface area contributed by atoms with Gasteiger partial charge in [0.2, 0.25) is 0 Å². The van der Waals surface area contributed by atoms with E-state index in [0.29, 0.717) is 65.0 Å². The van der Waals surface area contributed by atoms with Gasteiger partial charge in [-0.15, -0.1) is 0 Å². The van der Waals surface area contributed by atoms with Crippen molar-refractivity contribution in [3.63, 3.8) is 0 Å². The van der Waals surface area contributed by atoms with Crippen LogP contribution in [0.4, 0.5) is 0 Å². The molecule has 0 N–H and O–H groups in total. The minimum absolute atomic E-state index is 0.359. The summed E-state index contributed by atoms with van der Waals surface area (Å²) in [6, 6.07) is 0. The van der Waals surface area contributed by atoms with Crippen LogP contribution >= 0.6 is 0 Å². The molecule has 0 aromatic carbocycles. The molecule has 0 aliphatic heterocycles. The van der Waals surface area contributed by atoms with E-state index in [9.17, 15) is 0 Å². The topological polar surface area (TPSA) is 0 Å². The number of hydrogen-bond donors (Lipinski definition) is 0. The second kappa shape index (κ2) is 3.24. The van der Waals surface area contributed by atoms with Gasteiger partial charge in [-0.2, -0.15) is 0 Å². The van der Waals surface area contributed by atoms with Crippen molar-refractivity contribution in [2.45, 2.75) is 104 Å². The molecule has 1 spiro atoms. The summed E-state index contributed by atoms with van der Waals surface area (Å²) >= 11 is 0. The van der Waals surface area contributed by atoms with E-state index in [0.717, 1.165) is 5.92 Å². The molecule has 0 radical (unpaired) electrons. The molecule has 0 aromatic rings. The number of hydrogen-bond acceptors (Lipinski definition) is 0. The first-order valence-electron chi connectivity index (χ1n) is 12.2. The molecule has 0 nitrogen and oxygen atoms in total. The van der Waals surface area contributed by atoms with Gasteiger partial charge in [0, 0.05) is 0 Å². The predicted octanol–water partition coefficient (Wildman–Crippen LogP) is 7.82. The predicted molar refractivity (Wildman–Crippen MR) is 118 cm³/mol. The van der Waals surface area contributed by atoms with Crippen molar-refractivity contribution < 1.29 is 0 Å². The van der Waals surface area contributed by atoms with Gasteiger partial charge in [-0.3, -0.25) is 0 Å². The van der Waals surface area contributed by atoms with Crippen LogP contribution in [-0.4, -0.2) is 0 Å². The first-order chi connectivity index (χ1) is 12.2. The minimum Gasteiger partial charge on any atom is -0.0614 e. The lowest BCUT2D eigenvalue weighted by molar-refractivity contribution is -0.497. The molecule has 6 bridgehead atoms. The molecule has 0 saturated heterocycles. The van der Waals surface area contributed by atoms with Crippen molar-refractivity contribution in [1.82, 2.24) is 0 Å². The molecule has 7 saturated carbocycles. The first-order valence-corrected chi connectivity index (χ1v) is 12.2. The minimum atomic E-state index is 0.359. The van der Waals surface area contributed by atoms with Crippen molar-refractivity contribution in [1.29, 1.82) is 0 Å². The second-order valence-corrected chi connectivity index (χ2v) is 15.5. The van der Waals surface area contributed by atoms with E-state index in [1.807, 2.05) is 0 Å². The lowest BCUT2D eigenvalue weighted by atomic mass is 9.07. The summed E-state index contributed by atoms with van der Waals surface area (Å²) in [4.78, 5) is 0. The molecule has 0 amide bonds. The van der Waals surface area contributed by atoms with Gasteiger partial charge in [0.05, 0.1) is 0 Å². The Bertz CT molecular complexity index is 910. The van der Waals surface area contributed by atoms with Crippen LogP contribution < -0.4 is 0 Å². The van der Waals surface area contributed by atoms with Gasteiger partial charge in [-0.25, -0.2) is 0 Å². The maximum atomic E-state index is 2.82. The normalized spacial score (nSPS) is 77.5. The highest BCUT2D eigenvalue weighted by atomic mass is 15.2. The van der Waals surface area contributed by atoms with Crippen LogP contribution in [0.5, 0.6) is 0 Å². The zero-order valence-electron chi connectivity index (χ0n) is 21.6. The maximum absolute atomic E-state index is 2.82. The third-order valence-corrected chi connectivity index (χ3v) is 18.3. The fourth-order valence-electron chi connectivity index (χ4n) is 17.2. The second-order valence-electron chi connectivity index (χ2n) is 15.5. The molecule has 7 fully saturated rings. The fraction of sp³-hybridized carbons (Fsp3) is 1.00. The molecule has 7 aliphatic carbocycles.